The first-order valence-corrected chi connectivity index (χ1v) is 8.89. The molecule has 126 valence electrons. The number of hydrogen-bond donors (Lipinski definition) is 1. The van der Waals surface area contributed by atoms with Gasteiger partial charge in [0.15, 0.2) is 5.82 Å². The average Bonchev–Trinajstić information content (AvgIpc) is 3.20. The van der Waals surface area contributed by atoms with Crippen LogP contribution in [0.1, 0.15) is 21.4 Å². The molecular weight excluding hydrogens is 332 g/mol. The summed E-state index contributed by atoms with van der Waals surface area (Å²) in [6.45, 7) is 5.31. The molecule has 0 aliphatic heterocycles. The van der Waals surface area contributed by atoms with Crippen molar-refractivity contribution in [3.05, 3.63) is 64.3 Å². The number of nitrogens with one attached hydrogen (secondary N) is 1. The van der Waals surface area contributed by atoms with Crippen molar-refractivity contribution in [2.75, 3.05) is 5.32 Å². The lowest BCUT2D eigenvalue weighted by atomic mass is 10.3. The van der Waals surface area contributed by atoms with Gasteiger partial charge in [-0.1, -0.05) is 6.07 Å². The summed E-state index contributed by atoms with van der Waals surface area (Å²) in [6.07, 6.45) is 5.74. The molecule has 0 aromatic carbocycles. The molecule has 6 nitrogen and oxygen atoms in total. The van der Waals surface area contributed by atoms with Crippen molar-refractivity contribution >= 4 is 28.2 Å². The van der Waals surface area contributed by atoms with Crippen LogP contribution in [-0.4, -0.2) is 24.5 Å². The first-order valence-electron chi connectivity index (χ1n) is 8.07. The van der Waals surface area contributed by atoms with Gasteiger partial charge in [0.2, 0.25) is 0 Å². The summed E-state index contributed by atoms with van der Waals surface area (Å²) in [7, 11) is 0. The molecule has 0 saturated heterocycles. The maximum atomic E-state index is 4.61. The minimum atomic E-state index is 0.652. The zero-order valence-corrected chi connectivity index (χ0v) is 14.9. The molecule has 0 saturated carbocycles. The Morgan fingerprint density at radius 2 is 2.04 bits per heavy atom. The molecule has 25 heavy (non-hydrogen) atoms. The third-order valence-corrected chi connectivity index (χ3v) is 4.77. The molecule has 0 aliphatic carbocycles. The summed E-state index contributed by atoms with van der Waals surface area (Å²) in [5.41, 5.74) is 2.92. The van der Waals surface area contributed by atoms with Gasteiger partial charge >= 0.3 is 0 Å². The quantitative estimate of drug-likeness (QED) is 0.596. The Morgan fingerprint density at radius 1 is 1.12 bits per heavy atom. The third-order valence-electron chi connectivity index (χ3n) is 3.86. The van der Waals surface area contributed by atoms with E-state index in [9.17, 15) is 0 Å². The van der Waals surface area contributed by atoms with Crippen LogP contribution >= 0.6 is 11.3 Å². The summed E-state index contributed by atoms with van der Waals surface area (Å²) in [4.78, 5) is 19.2. The van der Waals surface area contributed by atoms with E-state index in [0.29, 0.717) is 13.1 Å². The monoisotopic (exact) mass is 350 g/mol. The van der Waals surface area contributed by atoms with Gasteiger partial charge in [-0.05, 0) is 32.0 Å². The summed E-state index contributed by atoms with van der Waals surface area (Å²) in [6, 6.07) is 7.96. The molecular formula is C18H18N6S. The van der Waals surface area contributed by atoms with Crippen molar-refractivity contribution in [2.45, 2.75) is 26.9 Å². The zero-order valence-electron chi connectivity index (χ0n) is 14.1. The van der Waals surface area contributed by atoms with Gasteiger partial charge in [0.25, 0.3) is 0 Å². The Morgan fingerprint density at radius 3 is 2.80 bits per heavy atom. The van der Waals surface area contributed by atoms with E-state index in [0.717, 1.165) is 33.4 Å². The fourth-order valence-corrected chi connectivity index (χ4v) is 3.51. The van der Waals surface area contributed by atoms with Crippen molar-refractivity contribution in [1.82, 2.24) is 24.5 Å². The van der Waals surface area contributed by atoms with Crippen LogP contribution in [0.4, 0.5) is 5.82 Å². The van der Waals surface area contributed by atoms with Gasteiger partial charge < -0.3 is 9.88 Å². The molecule has 0 spiro atoms. The van der Waals surface area contributed by atoms with Crippen LogP contribution in [0.25, 0.3) is 11.0 Å². The Hall–Kier alpha value is -2.80. The van der Waals surface area contributed by atoms with Gasteiger partial charge in [-0.15, -0.1) is 11.3 Å². The lowest BCUT2D eigenvalue weighted by Crippen LogP contribution is -2.07. The molecule has 4 aromatic rings. The first kappa shape index (κ1) is 15.7. The molecule has 1 N–H and O–H groups in total. The molecule has 0 bridgehead atoms. The van der Waals surface area contributed by atoms with Crippen LogP contribution in [0.5, 0.6) is 0 Å². The lowest BCUT2D eigenvalue weighted by Gasteiger charge is -2.10. The molecule has 0 aliphatic rings. The van der Waals surface area contributed by atoms with Crippen molar-refractivity contribution < 1.29 is 0 Å². The normalized spacial score (nSPS) is 11.1. The average molecular weight is 350 g/mol. The fourth-order valence-electron chi connectivity index (χ4n) is 2.79. The van der Waals surface area contributed by atoms with Gasteiger partial charge in [-0.3, -0.25) is 4.98 Å². The molecule has 0 fully saturated rings. The number of aryl methyl sites for hydroxylation is 2. The predicted molar refractivity (Wildman–Crippen MR) is 99.8 cm³/mol. The van der Waals surface area contributed by atoms with Gasteiger partial charge in [0, 0.05) is 23.5 Å². The largest absolute Gasteiger partial charge is 0.362 e. The van der Waals surface area contributed by atoms with Crippen molar-refractivity contribution in [3.8, 4) is 0 Å². The van der Waals surface area contributed by atoms with Crippen molar-refractivity contribution in [2.24, 2.45) is 0 Å². The Labute approximate surface area is 149 Å². The Bertz CT molecular complexity index is 1010. The summed E-state index contributed by atoms with van der Waals surface area (Å²) in [5.74, 6) is 1.58. The zero-order chi connectivity index (χ0) is 17.2. The minimum absolute atomic E-state index is 0.652. The molecule has 4 rings (SSSR count). The molecule has 4 heterocycles. The van der Waals surface area contributed by atoms with E-state index in [1.807, 2.05) is 49.8 Å². The van der Waals surface area contributed by atoms with E-state index >= 15 is 0 Å². The number of aromatic nitrogens is 5. The van der Waals surface area contributed by atoms with E-state index in [1.165, 1.54) is 4.88 Å². The standard InChI is InChI=1S/C18H18N6S/c1-12-9-20-16(25-12)10-21-18-17-15(22-13(2)23-18)6-8-24(17)11-14-5-3-4-7-19-14/h3-9H,10-11H2,1-2H3,(H,21,22,23). The van der Waals surface area contributed by atoms with Crippen LogP contribution in [-0.2, 0) is 13.1 Å². The SMILES string of the molecule is Cc1nc(NCc2ncc(C)s2)c2c(ccn2Cc2ccccn2)n1. The van der Waals surface area contributed by atoms with Crippen LogP contribution in [0.15, 0.2) is 42.9 Å². The second-order valence-electron chi connectivity index (χ2n) is 5.84. The summed E-state index contributed by atoms with van der Waals surface area (Å²) < 4.78 is 2.13. The number of hydrogen-bond acceptors (Lipinski definition) is 6. The Balaban J connectivity index is 1.68. The molecule has 0 radical (unpaired) electrons. The number of nitrogens with zero attached hydrogens (tertiary/aromatic N) is 5. The maximum absolute atomic E-state index is 4.61. The van der Waals surface area contributed by atoms with Crippen LogP contribution < -0.4 is 5.32 Å². The predicted octanol–water partition coefficient (Wildman–Crippen LogP) is 3.56. The summed E-state index contributed by atoms with van der Waals surface area (Å²) >= 11 is 1.69. The van der Waals surface area contributed by atoms with E-state index in [1.54, 1.807) is 11.3 Å². The van der Waals surface area contributed by atoms with Crippen LogP contribution in [0.2, 0.25) is 0 Å². The topological polar surface area (TPSA) is 68.5 Å². The van der Waals surface area contributed by atoms with Crippen LogP contribution in [0, 0.1) is 13.8 Å². The van der Waals surface area contributed by atoms with Crippen molar-refractivity contribution in [3.63, 3.8) is 0 Å². The molecule has 4 aromatic heterocycles. The highest BCUT2D eigenvalue weighted by atomic mass is 32.1. The van der Waals surface area contributed by atoms with E-state index in [4.69, 9.17) is 0 Å². The molecule has 0 amide bonds. The number of fused-ring (bicyclic) bond motifs is 1. The van der Waals surface area contributed by atoms with E-state index in [-0.39, 0.29) is 0 Å². The second kappa shape index (κ2) is 6.60. The lowest BCUT2D eigenvalue weighted by molar-refractivity contribution is 0.804. The molecule has 0 unspecified atom stereocenters. The fraction of sp³-hybridized carbons (Fsp3) is 0.222. The third kappa shape index (κ3) is 3.36. The smallest absolute Gasteiger partial charge is 0.154 e. The Kier molecular flexibility index (Phi) is 4.15. The molecule has 0 atom stereocenters. The first-order chi connectivity index (χ1) is 12.2. The highest BCUT2D eigenvalue weighted by molar-refractivity contribution is 7.11. The van der Waals surface area contributed by atoms with Gasteiger partial charge in [0.1, 0.15) is 16.3 Å². The van der Waals surface area contributed by atoms with E-state index in [2.05, 4.69) is 36.7 Å². The second-order valence-corrected chi connectivity index (χ2v) is 7.16. The number of rotatable bonds is 5. The maximum Gasteiger partial charge on any atom is 0.154 e. The number of thiazole rings is 1. The van der Waals surface area contributed by atoms with Gasteiger partial charge in [0.05, 0.1) is 24.3 Å². The van der Waals surface area contributed by atoms with Crippen molar-refractivity contribution in [1.29, 1.82) is 0 Å². The van der Waals surface area contributed by atoms with Gasteiger partial charge in [-0.25, -0.2) is 15.0 Å². The summed E-state index contributed by atoms with van der Waals surface area (Å²) in [5, 5.41) is 4.47. The highest BCUT2D eigenvalue weighted by Crippen LogP contribution is 2.23. The highest BCUT2D eigenvalue weighted by Gasteiger charge is 2.12. The minimum Gasteiger partial charge on any atom is -0.362 e. The molecule has 7 heteroatoms. The van der Waals surface area contributed by atoms with E-state index < -0.39 is 0 Å². The van der Waals surface area contributed by atoms with Gasteiger partial charge in [-0.2, -0.15) is 0 Å². The number of anilines is 1. The number of pyridine rings is 1. The van der Waals surface area contributed by atoms with Crippen LogP contribution in [0.3, 0.4) is 0 Å².